The molecule has 1 aromatic heterocycles. The Morgan fingerprint density at radius 1 is 1.18 bits per heavy atom. The lowest BCUT2D eigenvalue weighted by Gasteiger charge is -2.29. The number of furan rings is 1. The van der Waals surface area contributed by atoms with Crippen LogP contribution in [0, 0.1) is 0 Å². The van der Waals surface area contributed by atoms with Crippen molar-refractivity contribution in [3.05, 3.63) is 60.1 Å². The maximum atomic E-state index is 9.57. The first-order valence-corrected chi connectivity index (χ1v) is 5.68. The fourth-order valence-corrected chi connectivity index (χ4v) is 1.75. The molecule has 0 saturated heterocycles. The van der Waals surface area contributed by atoms with Crippen LogP contribution in [0.1, 0.15) is 18.2 Å². The van der Waals surface area contributed by atoms with Crippen molar-refractivity contribution >= 4 is 0 Å². The molecule has 2 aromatic rings. The Morgan fingerprint density at radius 3 is 2.53 bits per heavy atom. The third kappa shape index (κ3) is 2.75. The maximum Gasteiger partial charge on any atom is 0.117 e. The monoisotopic (exact) mass is 231 g/mol. The van der Waals surface area contributed by atoms with Gasteiger partial charge in [-0.3, -0.25) is 5.32 Å². The average molecular weight is 231 g/mol. The van der Waals surface area contributed by atoms with Crippen LogP contribution in [0.2, 0.25) is 0 Å². The Bertz CT molecular complexity index is 439. The highest BCUT2D eigenvalue weighted by molar-refractivity contribution is 5.23. The van der Waals surface area contributed by atoms with E-state index in [1.54, 1.807) is 6.26 Å². The van der Waals surface area contributed by atoms with Crippen LogP contribution in [0.25, 0.3) is 0 Å². The number of aliphatic hydroxyl groups excluding tert-OH is 1. The number of hydrogen-bond acceptors (Lipinski definition) is 3. The van der Waals surface area contributed by atoms with Gasteiger partial charge in [0.2, 0.25) is 0 Å². The van der Waals surface area contributed by atoms with Crippen LogP contribution in [-0.4, -0.2) is 11.7 Å². The molecule has 90 valence electrons. The lowest BCUT2D eigenvalue weighted by molar-refractivity contribution is 0.171. The van der Waals surface area contributed by atoms with E-state index in [1.807, 2.05) is 49.4 Å². The van der Waals surface area contributed by atoms with Gasteiger partial charge in [0, 0.05) is 0 Å². The summed E-state index contributed by atoms with van der Waals surface area (Å²) in [6.07, 6.45) is 1.65. The van der Waals surface area contributed by atoms with Gasteiger partial charge in [0.1, 0.15) is 5.76 Å². The van der Waals surface area contributed by atoms with Crippen LogP contribution < -0.4 is 5.32 Å². The lowest BCUT2D eigenvalue weighted by atomic mass is 9.93. The van der Waals surface area contributed by atoms with Crippen LogP contribution in [0.4, 0.5) is 0 Å². The van der Waals surface area contributed by atoms with Crippen molar-refractivity contribution in [2.45, 2.75) is 19.0 Å². The summed E-state index contributed by atoms with van der Waals surface area (Å²) in [4.78, 5) is 0. The van der Waals surface area contributed by atoms with Gasteiger partial charge in [-0.05, 0) is 24.6 Å². The molecule has 17 heavy (non-hydrogen) atoms. The van der Waals surface area contributed by atoms with Crippen molar-refractivity contribution in [3.63, 3.8) is 0 Å². The van der Waals surface area contributed by atoms with E-state index in [0.717, 1.165) is 11.3 Å². The van der Waals surface area contributed by atoms with E-state index in [4.69, 9.17) is 4.42 Å². The topological polar surface area (TPSA) is 45.4 Å². The Morgan fingerprint density at radius 2 is 1.94 bits per heavy atom. The van der Waals surface area contributed by atoms with Crippen LogP contribution in [0.3, 0.4) is 0 Å². The summed E-state index contributed by atoms with van der Waals surface area (Å²) in [6, 6.07) is 13.7. The Kier molecular flexibility index (Phi) is 3.61. The van der Waals surface area contributed by atoms with E-state index in [0.29, 0.717) is 6.54 Å². The molecule has 0 aliphatic rings. The van der Waals surface area contributed by atoms with E-state index in [2.05, 4.69) is 5.32 Å². The van der Waals surface area contributed by atoms with Gasteiger partial charge < -0.3 is 9.52 Å². The molecule has 0 bridgehead atoms. The zero-order chi connectivity index (χ0) is 12.1. The van der Waals surface area contributed by atoms with Gasteiger partial charge in [0.05, 0.1) is 25.0 Å². The first-order chi connectivity index (χ1) is 8.24. The zero-order valence-corrected chi connectivity index (χ0v) is 9.89. The van der Waals surface area contributed by atoms with Gasteiger partial charge in [-0.1, -0.05) is 30.3 Å². The van der Waals surface area contributed by atoms with Gasteiger partial charge in [0.25, 0.3) is 0 Å². The highest BCUT2D eigenvalue weighted by atomic mass is 16.3. The van der Waals surface area contributed by atoms with Crippen molar-refractivity contribution in [1.29, 1.82) is 0 Å². The molecule has 0 aliphatic carbocycles. The fourth-order valence-electron chi connectivity index (χ4n) is 1.75. The molecule has 1 unspecified atom stereocenters. The van der Waals surface area contributed by atoms with Crippen LogP contribution in [0.15, 0.2) is 53.1 Å². The minimum absolute atomic E-state index is 0.0394. The van der Waals surface area contributed by atoms with E-state index in [9.17, 15) is 5.11 Å². The smallest absolute Gasteiger partial charge is 0.117 e. The summed E-state index contributed by atoms with van der Waals surface area (Å²) >= 11 is 0. The highest BCUT2D eigenvalue weighted by Gasteiger charge is 2.24. The molecule has 1 atom stereocenters. The summed E-state index contributed by atoms with van der Waals surface area (Å²) in [5, 5.41) is 12.9. The molecule has 2 rings (SSSR count). The minimum atomic E-state index is -0.450. The van der Waals surface area contributed by atoms with E-state index in [1.165, 1.54) is 0 Å². The normalized spacial score (nSPS) is 14.5. The SMILES string of the molecule is CC(CO)(NCc1ccco1)c1ccccc1. The lowest BCUT2D eigenvalue weighted by Crippen LogP contribution is -2.42. The van der Waals surface area contributed by atoms with Crippen LogP contribution >= 0.6 is 0 Å². The molecular weight excluding hydrogens is 214 g/mol. The molecule has 3 heteroatoms. The standard InChI is InChI=1S/C14H17NO2/c1-14(11-16,12-6-3-2-4-7-12)15-10-13-8-5-9-17-13/h2-9,15-16H,10-11H2,1H3. The second kappa shape index (κ2) is 5.17. The van der Waals surface area contributed by atoms with Crippen molar-refractivity contribution in [2.75, 3.05) is 6.61 Å². The molecule has 1 aromatic carbocycles. The summed E-state index contributed by atoms with van der Waals surface area (Å²) < 4.78 is 5.27. The molecule has 0 amide bonds. The van der Waals surface area contributed by atoms with Gasteiger partial charge in [-0.15, -0.1) is 0 Å². The van der Waals surface area contributed by atoms with Gasteiger partial charge in [0.15, 0.2) is 0 Å². The molecule has 1 heterocycles. The van der Waals surface area contributed by atoms with Crippen molar-refractivity contribution in [3.8, 4) is 0 Å². The summed E-state index contributed by atoms with van der Waals surface area (Å²) in [7, 11) is 0. The molecule has 0 fully saturated rings. The second-order valence-corrected chi connectivity index (χ2v) is 4.29. The van der Waals surface area contributed by atoms with Gasteiger partial charge in [-0.25, -0.2) is 0 Å². The third-order valence-electron chi connectivity index (χ3n) is 2.96. The minimum Gasteiger partial charge on any atom is -0.468 e. The Labute approximate surface area is 101 Å². The number of aliphatic hydroxyl groups is 1. The fraction of sp³-hybridized carbons (Fsp3) is 0.286. The predicted octanol–water partition coefficient (Wildman–Crippen LogP) is 2.28. The van der Waals surface area contributed by atoms with Crippen LogP contribution in [-0.2, 0) is 12.1 Å². The number of rotatable bonds is 5. The highest BCUT2D eigenvalue weighted by Crippen LogP contribution is 2.20. The molecule has 0 aliphatic heterocycles. The first-order valence-electron chi connectivity index (χ1n) is 5.68. The second-order valence-electron chi connectivity index (χ2n) is 4.29. The molecule has 0 spiro atoms. The zero-order valence-electron chi connectivity index (χ0n) is 9.89. The Balaban J connectivity index is 2.09. The summed E-state index contributed by atoms with van der Waals surface area (Å²) in [6.45, 7) is 2.61. The first kappa shape index (κ1) is 11.9. The summed E-state index contributed by atoms with van der Waals surface area (Å²) in [5.41, 5.74) is 0.614. The van der Waals surface area contributed by atoms with E-state index >= 15 is 0 Å². The molecular formula is C14H17NO2. The number of nitrogens with one attached hydrogen (secondary N) is 1. The van der Waals surface area contributed by atoms with Crippen LogP contribution in [0.5, 0.6) is 0 Å². The maximum absolute atomic E-state index is 9.57. The average Bonchev–Trinajstić information content (AvgIpc) is 2.90. The van der Waals surface area contributed by atoms with Gasteiger partial charge >= 0.3 is 0 Å². The quantitative estimate of drug-likeness (QED) is 0.829. The molecule has 2 N–H and O–H groups in total. The van der Waals surface area contributed by atoms with Crippen molar-refractivity contribution < 1.29 is 9.52 Å². The third-order valence-corrected chi connectivity index (χ3v) is 2.96. The molecule has 3 nitrogen and oxygen atoms in total. The predicted molar refractivity (Wildman–Crippen MR) is 66.4 cm³/mol. The van der Waals surface area contributed by atoms with Crippen molar-refractivity contribution in [2.24, 2.45) is 0 Å². The molecule has 0 radical (unpaired) electrons. The number of benzene rings is 1. The summed E-state index contributed by atoms with van der Waals surface area (Å²) in [5.74, 6) is 0.862. The number of hydrogen-bond donors (Lipinski definition) is 2. The van der Waals surface area contributed by atoms with Crippen molar-refractivity contribution in [1.82, 2.24) is 5.32 Å². The largest absolute Gasteiger partial charge is 0.468 e. The molecule has 0 saturated carbocycles. The Hall–Kier alpha value is -1.58. The van der Waals surface area contributed by atoms with Gasteiger partial charge in [-0.2, -0.15) is 0 Å². The van der Waals surface area contributed by atoms with E-state index in [-0.39, 0.29) is 6.61 Å². The van der Waals surface area contributed by atoms with E-state index < -0.39 is 5.54 Å².